The molecule has 4 rings (SSSR count). The lowest BCUT2D eigenvalue weighted by Crippen LogP contribution is -2.38. The van der Waals surface area contributed by atoms with Crippen LogP contribution >= 0.6 is 0 Å². The minimum Gasteiger partial charge on any atom is -0.349 e. The summed E-state index contributed by atoms with van der Waals surface area (Å²) in [6.07, 6.45) is 9.03. The van der Waals surface area contributed by atoms with Crippen LogP contribution < -0.4 is 5.32 Å². The number of hydrogen-bond donors (Lipinski definition) is 1. The summed E-state index contributed by atoms with van der Waals surface area (Å²) >= 11 is 0. The molecule has 31 heavy (non-hydrogen) atoms. The number of carbonyl (C=O) groups excluding carboxylic acids is 2. The van der Waals surface area contributed by atoms with Crippen LogP contribution in [0.5, 0.6) is 0 Å². The number of nitrogens with one attached hydrogen (secondary N) is 1. The van der Waals surface area contributed by atoms with E-state index >= 15 is 0 Å². The van der Waals surface area contributed by atoms with Gasteiger partial charge in [-0.3, -0.25) is 14.6 Å². The van der Waals surface area contributed by atoms with Gasteiger partial charge in [0, 0.05) is 43.4 Å². The summed E-state index contributed by atoms with van der Waals surface area (Å²) in [4.78, 5) is 31.4. The maximum absolute atomic E-state index is 13.0. The molecule has 0 bridgehead atoms. The number of aromatic nitrogens is 1. The summed E-state index contributed by atoms with van der Waals surface area (Å²) < 4.78 is 13.0. The van der Waals surface area contributed by atoms with E-state index in [-0.39, 0.29) is 17.6 Å². The topological polar surface area (TPSA) is 62.3 Å². The number of carbonyl (C=O) groups is 2. The Morgan fingerprint density at radius 2 is 1.71 bits per heavy atom. The molecule has 2 aliphatic rings. The molecule has 0 atom stereocenters. The molecule has 0 radical (unpaired) electrons. The van der Waals surface area contributed by atoms with Crippen molar-refractivity contribution in [3.63, 3.8) is 0 Å². The molecule has 1 aromatic heterocycles. The van der Waals surface area contributed by atoms with E-state index in [1.165, 1.54) is 25.0 Å². The van der Waals surface area contributed by atoms with Gasteiger partial charge in [0.25, 0.3) is 5.91 Å². The number of nitrogens with zero attached hydrogens (tertiary/aromatic N) is 2. The van der Waals surface area contributed by atoms with E-state index in [1.54, 1.807) is 18.3 Å². The lowest BCUT2D eigenvalue weighted by Gasteiger charge is -2.32. The number of halogens is 1. The first-order valence-electron chi connectivity index (χ1n) is 11.4. The Morgan fingerprint density at radius 3 is 2.35 bits per heavy atom. The molecule has 2 amide bonds. The fourth-order valence-corrected chi connectivity index (χ4v) is 4.61. The smallest absolute Gasteiger partial charge is 0.253 e. The van der Waals surface area contributed by atoms with Gasteiger partial charge in [-0.15, -0.1) is 0 Å². The fraction of sp³-hybridized carbons (Fsp3) is 0.480. The molecule has 0 spiro atoms. The molecule has 6 heteroatoms. The van der Waals surface area contributed by atoms with Gasteiger partial charge < -0.3 is 10.2 Å². The Labute approximate surface area is 183 Å². The first kappa shape index (κ1) is 21.5. The first-order valence-corrected chi connectivity index (χ1v) is 11.4. The summed E-state index contributed by atoms with van der Waals surface area (Å²) in [7, 11) is 0. The molecule has 2 aromatic rings. The summed E-state index contributed by atoms with van der Waals surface area (Å²) in [5.74, 6) is 0.170. The van der Waals surface area contributed by atoms with Crippen molar-refractivity contribution in [2.45, 2.75) is 63.3 Å². The third-order valence-corrected chi connectivity index (χ3v) is 6.55. The van der Waals surface area contributed by atoms with Crippen molar-refractivity contribution in [3.05, 3.63) is 65.2 Å². The van der Waals surface area contributed by atoms with Crippen molar-refractivity contribution in [2.24, 2.45) is 0 Å². The molecular weight excluding hydrogens is 393 g/mol. The van der Waals surface area contributed by atoms with Crippen LogP contribution in [0.25, 0.3) is 0 Å². The number of hydrogen-bond acceptors (Lipinski definition) is 3. The van der Waals surface area contributed by atoms with Gasteiger partial charge in [0.15, 0.2) is 0 Å². The predicted molar refractivity (Wildman–Crippen MR) is 117 cm³/mol. The third kappa shape index (κ3) is 5.69. The van der Waals surface area contributed by atoms with Crippen molar-refractivity contribution in [1.82, 2.24) is 15.2 Å². The van der Waals surface area contributed by atoms with Gasteiger partial charge in [-0.1, -0.05) is 25.0 Å². The molecule has 0 unspecified atom stereocenters. The van der Waals surface area contributed by atoms with Gasteiger partial charge >= 0.3 is 0 Å². The van der Waals surface area contributed by atoms with Gasteiger partial charge in [0.1, 0.15) is 5.82 Å². The summed E-state index contributed by atoms with van der Waals surface area (Å²) in [5, 5.41) is 3.10. The van der Waals surface area contributed by atoms with Crippen LogP contribution in [-0.4, -0.2) is 40.8 Å². The first-order chi connectivity index (χ1) is 15.1. The quantitative estimate of drug-likeness (QED) is 0.756. The summed E-state index contributed by atoms with van der Waals surface area (Å²) in [5.41, 5.74) is 2.59. The molecule has 1 saturated heterocycles. The van der Waals surface area contributed by atoms with Crippen molar-refractivity contribution in [2.75, 3.05) is 13.1 Å². The maximum atomic E-state index is 13.0. The van der Waals surface area contributed by atoms with Crippen LogP contribution in [0.3, 0.4) is 0 Å². The maximum Gasteiger partial charge on any atom is 0.253 e. The zero-order valence-electron chi connectivity index (χ0n) is 17.9. The van der Waals surface area contributed by atoms with E-state index < -0.39 is 0 Å². The average Bonchev–Trinajstić information content (AvgIpc) is 3.32. The van der Waals surface area contributed by atoms with E-state index in [0.29, 0.717) is 30.4 Å². The molecule has 5 nitrogen and oxygen atoms in total. The van der Waals surface area contributed by atoms with Crippen molar-refractivity contribution >= 4 is 11.8 Å². The number of amides is 2. The molecule has 2 fully saturated rings. The molecule has 164 valence electrons. The van der Waals surface area contributed by atoms with Gasteiger partial charge in [-0.2, -0.15) is 0 Å². The Morgan fingerprint density at radius 1 is 1.00 bits per heavy atom. The number of piperidine rings is 1. The van der Waals surface area contributed by atoms with Crippen LogP contribution in [-0.2, 0) is 11.2 Å². The van der Waals surface area contributed by atoms with Gasteiger partial charge in [-0.05, 0) is 61.9 Å². The normalized spacial score (nSPS) is 17.6. The lowest BCUT2D eigenvalue weighted by molar-refractivity contribution is -0.132. The monoisotopic (exact) mass is 423 g/mol. The van der Waals surface area contributed by atoms with E-state index in [4.69, 9.17) is 0 Å². The molecular formula is C25H30FN3O2. The van der Waals surface area contributed by atoms with Crippen molar-refractivity contribution < 1.29 is 14.0 Å². The minimum atomic E-state index is -0.256. The zero-order chi connectivity index (χ0) is 21.6. The zero-order valence-corrected chi connectivity index (χ0v) is 17.9. The lowest BCUT2D eigenvalue weighted by atomic mass is 9.92. The second-order valence-electron chi connectivity index (χ2n) is 8.71. The number of benzene rings is 1. The highest BCUT2D eigenvalue weighted by Crippen LogP contribution is 2.27. The van der Waals surface area contributed by atoms with E-state index in [2.05, 4.69) is 10.3 Å². The average molecular weight is 424 g/mol. The van der Waals surface area contributed by atoms with Crippen LogP contribution in [0, 0.1) is 5.82 Å². The number of aryl methyl sites for hydroxylation is 1. The van der Waals surface area contributed by atoms with Crippen molar-refractivity contribution in [3.8, 4) is 0 Å². The summed E-state index contributed by atoms with van der Waals surface area (Å²) in [6, 6.07) is 10.5. The molecule has 2 heterocycles. The van der Waals surface area contributed by atoms with E-state index in [1.807, 2.05) is 17.0 Å². The molecule has 1 saturated carbocycles. The molecule has 1 aliphatic heterocycles. The highest BCUT2D eigenvalue weighted by Gasteiger charge is 2.25. The standard InChI is InChI=1S/C25H30FN3O2/c26-21-9-5-18(6-10-21)7-12-24(30)29-15-13-19(14-16-29)23-11-8-20(17-27-23)25(31)28-22-3-1-2-4-22/h5-6,8-11,17,19,22H,1-4,7,12-16H2,(H,28,31). The van der Waals surface area contributed by atoms with Crippen LogP contribution in [0.1, 0.15) is 72.5 Å². The number of rotatable bonds is 6. The van der Waals surface area contributed by atoms with E-state index in [9.17, 15) is 14.0 Å². The van der Waals surface area contributed by atoms with Crippen LogP contribution in [0.4, 0.5) is 4.39 Å². The Bertz CT molecular complexity index is 884. The van der Waals surface area contributed by atoms with Crippen LogP contribution in [0.15, 0.2) is 42.6 Å². The highest BCUT2D eigenvalue weighted by atomic mass is 19.1. The van der Waals surface area contributed by atoms with Crippen LogP contribution in [0.2, 0.25) is 0 Å². The fourth-order valence-electron chi connectivity index (χ4n) is 4.61. The Balaban J connectivity index is 1.23. The number of pyridine rings is 1. The number of likely N-dealkylation sites (tertiary alicyclic amines) is 1. The van der Waals surface area contributed by atoms with Gasteiger partial charge in [-0.25, -0.2) is 4.39 Å². The summed E-state index contributed by atoms with van der Waals surface area (Å²) in [6.45, 7) is 1.44. The predicted octanol–water partition coefficient (Wildman–Crippen LogP) is 4.23. The van der Waals surface area contributed by atoms with Gasteiger partial charge in [0.05, 0.1) is 5.56 Å². The second-order valence-corrected chi connectivity index (χ2v) is 8.71. The largest absolute Gasteiger partial charge is 0.349 e. The SMILES string of the molecule is O=C(NC1CCCC1)c1ccc(C2CCN(C(=O)CCc3ccc(F)cc3)CC2)nc1. The molecule has 1 aromatic carbocycles. The Kier molecular flexibility index (Phi) is 6.95. The van der Waals surface area contributed by atoms with Gasteiger partial charge in [0.2, 0.25) is 5.91 Å². The minimum absolute atomic E-state index is 0.0347. The van der Waals surface area contributed by atoms with Crippen molar-refractivity contribution in [1.29, 1.82) is 0 Å². The van der Waals surface area contributed by atoms with E-state index in [0.717, 1.165) is 50.0 Å². The third-order valence-electron chi connectivity index (χ3n) is 6.55. The molecule has 1 aliphatic carbocycles. The second kappa shape index (κ2) is 10.0. The molecule has 1 N–H and O–H groups in total. The Hall–Kier alpha value is -2.76. The highest BCUT2D eigenvalue weighted by molar-refractivity contribution is 5.94.